The summed E-state index contributed by atoms with van der Waals surface area (Å²) in [6, 6.07) is 1.81. The van der Waals surface area contributed by atoms with Crippen molar-refractivity contribution in [3.8, 4) is 5.75 Å². The van der Waals surface area contributed by atoms with Gasteiger partial charge < -0.3 is 9.31 Å². The van der Waals surface area contributed by atoms with Crippen LogP contribution in [-0.2, 0) is 10.2 Å². The van der Waals surface area contributed by atoms with Crippen molar-refractivity contribution in [3.05, 3.63) is 111 Å². The first-order chi connectivity index (χ1) is 18.7. The van der Waals surface area contributed by atoms with Gasteiger partial charge in [0.15, 0.2) is 64.0 Å². The lowest BCUT2D eigenvalue weighted by atomic mass is 9.64. The summed E-state index contributed by atoms with van der Waals surface area (Å²) in [6.07, 6.45) is -2.74. The fourth-order valence-corrected chi connectivity index (χ4v) is 4.30. The standard InChI is InChI=1S/C24H6BF13O2/c26-6-1-3-8(27)10(5-6)39-25(40-22-7-2-4-9(28)14(29)11(7)15(30)21(22)36)24(38)13-12(17(32)23(24)37)16(31)19(34)20(35)18(13)33/h1-5,22H. The number of hydrogen-bond donors (Lipinski definition) is 0. The van der Waals surface area contributed by atoms with Crippen molar-refractivity contribution in [3.63, 3.8) is 0 Å². The molecule has 0 heterocycles. The van der Waals surface area contributed by atoms with Crippen molar-refractivity contribution in [2.75, 3.05) is 0 Å². The maximum absolute atomic E-state index is 16.5. The molecule has 208 valence electrons. The van der Waals surface area contributed by atoms with Crippen LogP contribution in [0.3, 0.4) is 0 Å². The average molecular weight is 584 g/mol. The highest BCUT2D eigenvalue weighted by Gasteiger charge is 2.65. The van der Waals surface area contributed by atoms with Crippen LogP contribution >= 0.6 is 0 Å². The van der Waals surface area contributed by atoms with Gasteiger partial charge in [0.2, 0.25) is 5.57 Å². The maximum atomic E-state index is 16.5. The van der Waals surface area contributed by atoms with Crippen LogP contribution in [0.4, 0.5) is 57.1 Å². The van der Waals surface area contributed by atoms with Gasteiger partial charge in [-0.15, -0.1) is 0 Å². The lowest BCUT2D eigenvalue weighted by Gasteiger charge is -2.29. The van der Waals surface area contributed by atoms with Crippen LogP contribution < -0.4 is 4.65 Å². The van der Waals surface area contributed by atoms with Crippen LogP contribution in [0, 0.1) is 46.5 Å². The van der Waals surface area contributed by atoms with Gasteiger partial charge in [-0.25, -0.2) is 57.1 Å². The first-order valence-electron chi connectivity index (χ1n) is 10.6. The van der Waals surface area contributed by atoms with Gasteiger partial charge in [0.05, 0.1) is 11.1 Å². The smallest absolute Gasteiger partial charge is 0.531 e. The summed E-state index contributed by atoms with van der Waals surface area (Å²) in [5, 5.41) is 0. The minimum Gasteiger partial charge on any atom is -0.531 e. The Morgan fingerprint density at radius 2 is 1.27 bits per heavy atom. The molecule has 2 unspecified atom stereocenters. The topological polar surface area (TPSA) is 18.5 Å². The molecule has 2 aliphatic carbocycles. The highest BCUT2D eigenvalue weighted by Crippen LogP contribution is 2.55. The van der Waals surface area contributed by atoms with Gasteiger partial charge in [-0.2, -0.15) is 0 Å². The van der Waals surface area contributed by atoms with Gasteiger partial charge in [0.25, 0.3) is 0 Å². The lowest BCUT2D eigenvalue weighted by Crippen LogP contribution is -2.48. The summed E-state index contributed by atoms with van der Waals surface area (Å²) in [5.41, 5.74) is -11.6. The molecule has 2 atom stereocenters. The molecule has 0 amide bonds. The molecule has 2 nitrogen and oxygen atoms in total. The van der Waals surface area contributed by atoms with Crippen molar-refractivity contribution in [1.82, 2.24) is 0 Å². The number of alkyl halides is 1. The van der Waals surface area contributed by atoms with E-state index in [4.69, 9.17) is 9.31 Å². The number of benzene rings is 3. The average Bonchev–Trinajstić information content (AvgIpc) is 3.28. The van der Waals surface area contributed by atoms with Crippen LogP contribution in [0.25, 0.3) is 11.7 Å². The SMILES string of the molecule is FC1=C(F)C(OB(Oc2cc(F)ccc2F)C2(F)C(F)=C(F)c3c(F)c(F)c(F)c(F)c32)c2ccc(F)c(F)c21. The van der Waals surface area contributed by atoms with E-state index in [1.807, 2.05) is 0 Å². The second-order valence-corrected chi connectivity index (χ2v) is 8.37. The van der Waals surface area contributed by atoms with E-state index in [0.29, 0.717) is 24.3 Å². The molecule has 3 aromatic rings. The molecule has 0 N–H and O–H groups in total. The molecule has 5 rings (SSSR count). The van der Waals surface area contributed by atoms with Crippen molar-refractivity contribution in [2.24, 2.45) is 0 Å². The zero-order valence-corrected chi connectivity index (χ0v) is 18.8. The quantitative estimate of drug-likeness (QED) is 0.131. The summed E-state index contributed by atoms with van der Waals surface area (Å²) in [4.78, 5) is 0. The minimum atomic E-state index is -4.77. The highest BCUT2D eigenvalue weighted by atomic mass is 19.2. The van der Waals surface area contributed by atoms with E-state index in [2.05, 4.69) is 0 Å². The molecular formula is C24H6BF13O2. The second kappa shape index (κ2) is 9.32. The Bertz CT molecular complexity index is 1670. The number of allylic oxidation sites excluding steroid dienone is 1. The van der Waals surface area contributed by atoms with Crippen LogP contribution in [0.15, 0.2) is 42.0 Å². The van der Waals surface area contributed by atoms with E-state index >= 15 is 8.78 Å². The van der Waals surface area contributed by atoms with Crippen molar-refractivity contribution < 1.29 is 66.4 Å². The maximum Gasteiger partial charge on any atom is 0.579 e. The second-order valence-electron chi connectivity index (χ2n) is 8.37. The molecule has 0 saturated heterocycles. The van der Waals surface area contributed by atoms with E-state index in [-0.39, 0.29) is 6.07 Å². The summed E-state index contributed by atoms with van der Waals surface area (Å²) in [7, 11) is -3.53. The zero-order valence-electron chi connectivity index (χ0n) is 18.8. The predicted molar refractivity (Wildman–Crippen MR) is 110 cm³/mol. The number of rotatable bonds is 5. The predicted octanol–water partition coefficient (Wildman–Crippen LogP) is 8.07. The molecule has 0 fully saturated rings. The molecule has 40 heavy (non-hydrogen) atoms. The Kier molecular flexibility index (Phi) is 6.43. The number of halogens is 13. The Balaban J connectivity index is 1.74. The van der Waals surface area contributed by atoms with Crippen molar-refractivity contribution in [1.29, 1.82) is 0 Å². The Morgan fingerprint density at radius 3 is 1.95 bits per heavy atom. The molecular weight excluding hydrogens is 578 g/mol. The molecule has 0 saturated carbocycles. The fourth-order valence-electron chi connectivity index (χ4n) is 4.30. The summed E-state index contributed by atoms with van der Waals surface area (Å²) >= 11 is 0. The Hall–Kier alpha value is -3.95. The van der Waals surface area contributed by atoms with Crippen LogP contribution in [0.5, 0.6) is 5.75 Å². The van der Waals surface area contributed by atoms with E-state index < -0.39 is 117 Å². The van der Waals surface area contributed by atoms with Gasteiger partial charge in [0, 0.05) is 11.6 Å². The van der Waals surface area contributed by atoms with E-state index in [0.717, 1.165) is 0 Å². The summed E-state index contributed by atoms with van der Waals surface area (Å²) in [6.45, 7) is 0. The van der Waals surface area contributed by atoms with Gasteiger partial charge >= 0.3 is 7.12 Å². The van der Waals surface area contributed by atoms with Crippen molar-refractivity contribution in [2.45, 2.75) is 11.7 Å². The van der Waals surface area contributed by atoms with Gasteiger partial charge in [0.1, 0.15) is 17.7 Å². The third kappa shape index (κ3) is 3.72. The molecule has 0 aromatic heterocycles. The van der Waals surface area contributed by atoms with Crippen molar-refractivity contribution >= 4 is 18.8 Å². The molecule has 16 heteroatoms. The summed E-state index contributed by atoms with van der Waals surface area (Å²) < 4.78 is 198. The first-order valence-corrected chi connectivity index (χ1v) is 10.6. The third-order valence-corrected chi connectivity index (χ3v) is 6.14. The highest BCUT2D eigenvalue weighted by molar-refractivity contribution is 6.51. The molecule has 0 radical (unpaired) electrons. The van der Waals surface area contributed by atoms with E-state index in [1.165, 1.54) is 0 Å². The van der Waals surface area contributed by atoms with E-state index in [9.17, 15) is 48.3 Å². The largest absolute Gasteiger partial charge is 0.579 e. The fraction of sp³-hybridized carbons (Fsp3) is 0.0833. The van der Waals surface area contributed by atoms with Crippen LogP contribution in [-0.4, -0.2) is 7.12 Å². The van der Waals surface area contributed by atoms with E-state index in [1.54, 1.807) is 0 Å². The molecule has 3 aromatic carbocycles. The summed E-state index contributed by atoms with van der Waals surface area (Å²) in [5.74, 6) is -28.7. The van der Waals surface area contributed by atoms with Gasteiger partial charge in [-0.3, -0.25) is 0 Å². The molecule has 0 spiro atoms. The zero-order chi connectivity index (χ0) is 29.4. The van der Waals surface area contributed by atoms with Gasteiger partial charge in [-0.05, 0) is 23.8 Å². The van der Waals surface area contributed by atoms with Crippen LogP contribution in [0.2, 0.25) is 0 Å². The normalized spacial score (nSPS) is 19.9. The Labute approximate surface area is 214 Å². The number of hydrogen-bond acceptors (Lipinski definition) is 2. The van der Waals surface area contributed by atoms with Gasteiger partial charge in [-0.1, -0.05) is 6.07 Å². The Morgan fingerprint density at radius 1 is 0.650 bits per heavy atom. The molecule has 2 aliphatic rings. The number of fused-ring (bicyclic) bond motifs is 2. The first kappa shape index (κ1) is 27.6. The minimum absolute atomic E-state index is 0.148. The monoisotopic (exact) mass is 584 g/mol. The van der Waals surface area contributed by atoms with Crippen LogP contribution in [0.1, 0.15) is 28.4 Å². The molecule has 0 bridgehead atoms. The molecule has 0 aliphatic heterocycles. The third-order valence-electron chi connectivity index (χ3n) is 6.14. The lowest BCUT2D eigenvalue weighted by molar-refractivity contribution is 0.124.